The highest BCUT2D eigenvalue weighted by Crippen LogP contribution is 2.27. The van der Waals surface area contributed by atoms with Crippen molar-refractivity contribution in [1.29, 1.82) is 0 Å². The molecule has 2 aromatic rings. The zero-order chi connectivity index (χ0) is 10.9. The number of halogens is 1. The highest BCUT2D eigenvalue weighted by Gasteiger charge is 2.19. The van der Waals surface area contributed by atoms with Gasteiger partial charge in [-0.15, -0.1) is 11.6 Å². The van der Waals surface area contributed by atoms with E-state index in [1.165, 1.54) is 0 Å². The van der Waals surface area contributed by atoms with Crippen LogP contribution >= 0.6 is 23.1 Å². The van der Waals surface area contributed by atoms with Crippen LogP contribution in [0, 0.1) is 0 Å². The Balaban J connectivity index is 2.63. The van der Waals surface area contributed by atoms with Gasteiger partial charge in [-0.1, -0.05) is 18.2 Å². The summed E-state index contributed by atoms with van der Waals surface area (Å²) in [6, 6.07) is 7.20. The lowest BCUT2D eigenvalue weighted by atomic mass is 10.3. The van der Waals surface area contributed by atoms with Crippen molar-refractivity contribution in [2.24, 2.45) is 0 Å². The molecule has 0 spiro atoms. The Bertz CT molecular complexity index is 577. The number of nitrogens with zero attached hydrogens (tertiary/aromatic N) is 1. The number of fused-ring (bicyclic) bond motifs is 1. The molecule has 0 N–H and O–H groups in total. The van der Waals surface area contributed by atoms with Crippen molar-refractivity contribution in [3.05, 3.63) is 24.3 Å². The van der Waals surface area contributed by atoms with Crippen LogP contribution in [0.15, 0.2) is 28.5 Å². The van der Waals surface area contributed by atoms with Crippen LogP contribution in [0.2, 0.25) is 0 Å². The van der Waals surface area contributed by atoms with Crippen molar-refractivity contribution in [2.75, 3.05) is 11.6 Å². The van der Waals surface area contributed by atoms with E-state index in [9.17, 15) is 8.42 Å². The van der Waals surface area contributed by atoms with Gasteiger partial charge >= 0.3 is 0 Å². The Labute approximate surface area is 96.8 Å². The van der Waals surface area contributed by atoms with Crippen LogP contribution in [-0.2, 0) is 9.84 Å². The number of benzene rings is 1. The van der Waals surface area contributed by atoms with Gasteiger partial charge in [0.15, 0.2) is 9.84 Å². The third-order valence-electron chi connectivity index (χ3n) is 1.98. The Morgan fingerprint density at radius 1 is 1.33 bits per heavy atom. The Morgan fingerprint density at radius 3 is 2.80 bits per heavy atom. The number of rotatable bonds is 3. The molecule has 0 aliphatic heterocycles. The fraction of sp³-hybridized carbons (Fsp3) is 0.222. The minimum atomic E-state index is -3.27. The van der Waals surface area contributed by atoms with Gasteiger partial charge in [0.25, 0.3) is 0 Å². The van der Waals surface area contributed by atoms with E-state index in [2.05, 4.69) is 4.37 Å². The third kappa shape index (κ3) is 2.00. The van der Waals surface area contributed by atoms with Crippen molar-refractivity contribution in [2.45, 2.75) is 4.21 Å². The molecule has 0 radical (unpaired) electrons. The summed E-state index contributed by atoms with van der Waals surface area (Å²) in [6.45, 7) is 0. The second-order valence-corrected chi connectivity index (χ2v) is 6.45. The van der Waals surface area contributed by atoms with Gasteiger partial charge in [0.2, 0.25) is 0 Å². The first-order valence-corrected chi connectivity index (χ1v) is 7.24. The van der Waals surface area contributed by atoms with Crippen LogP contribution in [0.1, 0.15) is 0 Å². The SMILES string of the molecule is O=S(=O)(CCCl)c1snc2ccccc12. The minimum Gasteiger partial charge on any atom is -0.223 e. The van der Waals surface area contributed by atoms with Crippen molar-refractivity contribution in [1.82, 2.24) is 4.37 Å². The van der Waals surface area contributed by atoms with E-state index in [1.54, 1.807) is 18.2 Å². The lowest BCUT2D eigenvalue weighted by Gasteiger charge is -1.97. The van der Waals surface area contributed by atoms with E-state index >= 15 is 0 Å². The van der Waals surface area contributed by atoms with Crippen LogP contribution in [0.4, 0.5) is 0 Å². The molecule has 0 atom stereocenters. The van der Waals surface area contributed by atoms with Crippen LogP contribution in [-0.4, -0.2) is 24.4 Å². The van der Waals surface area contributed by atoms with Crippen LogP contribution < -0.4 is 0 Å². The van der Waals surface area contributed by atoms with E-state index in [4.69, 9.17) is 11.6 Å². The quantitative estimate of drug-likeness (QED) is 0.797. The molecule has 80 valence electrons. The molecule has 0 saturated carbocycles. The molecule has 2 rings (SSSR count). The van der Waals surface area contributed by atoms with Gasteiger partial charge in [-0.05, 0) is 17.6 Å². The molecule has 0 amide bonds. The predicted molar refractivity (Wildman–Crippen MR) is 62.4 cm³/mol. The molecule has 15 heavy (non-hydrogen) atoms. The first kappa shape index (κ1) is 10.9. The van der Waals surface area contributed by atoms with E-state index in [0.717, 1.165) is 17.0 Å². The molecule has 1 aromatic carbocycles. The molecule has 0 aliphatic rings. The third-order valence-corrected chi connectivity index (χ3v) is 5.58. The van der Waals surface area contributed by atoms with Gasteiger partial charge in [0, 0.05) is 11.3 Å². The summed E-state index contributed by atoms with van der Waals surface area (Å²) in [4.78, 5) is 0. The van der Waals surface area contributed by atoms with E-state index in [-0.39, 0.29) is 11.6 Å². The highest BCUT2D eigenvalue weighted by molar-refractivity contribution is 7.93. The fourth-order valence-electron chi connectivity index (χ4n) is 1.28. The van der Waals surface area contributed by atoms with Crippen molar-refractivity contribution < 1.29 is 8.42 Å². The average Bonchev–Trinajstić information content (AvgIpc) is 2.61. The number of hydrogen-bond acceptors (Lipinski definition) is 4. The van der Waals surface area contributed by atoms with Gasteiger partial charge in [-0.25, -0.2) is 8.42 Å². The second kappa shape index (κ2) is 4.08. The second-order valence-electron chi connectivity index (χ2n) is 3.00. The van der Waals surface area contributed by atoms with Gasteiger partial charge < -0.3 is 0 Å². The summed E-state index contributed by atoms with van der Waals surface area (Å²) in [5, 5.41) is 0.688. The van der Waals surface area contributed by atoms with E-state index < -0.39 is 9.84 Å². The molecular weight excluding hydrogens is 254 g/mol. The molecule has 1 aromatic heterocycles. The first-order valence-electron chi connectivity index (χ1n) is 4.28. The first-order chi connectivity index (χ1) is 7.15. The molecule has 0 unspecified atom stereocenters. The fourth-order valence-corrected chi connectivity index (χ4v) is 4.22. The lowest BCUT2D eigenvalue weighted by Crippen LogP contribution is -2.06. The van der Waals surface area contributed by atoms with Crippen LogP contribution in [0.5, 0.6) is 0 Å². The van der Waals surface area contributed by atoms with Gasteiger partial charge in [0.05, 0.1) is 11.3 Å². The summed E-state index contributed by atoms with van der Waals surface area (Å²) < 4.78 is 28.0. The molecule has 0 fully saturated rings. The van der Waals surface area contributed by atoms with Gasteiger partial charge in [0.1, 0.15) is 4.21 Å². The minimum absolute atomic E-state index is 0.0409. The van der Waals surface area contributed by atoms with Gasteiger partial charge in [-0.3, -0.25) is 0 Å². The number of sulfone groups is 1. The topological polar surface area (TPSA) is 47.0 Å². The van der Waals surface area contributed by atoms with Crippen molar-refractivity contribution in [3.63, 3.8) is 0 Å². The number of hydrogen-bond donors (Lipinski definition) is 0. The normalized spacial score (nSPS) is 12.1. The summed E-state index contributed by atoms with van der Waals surface area (Å²) >= 11 is 6.47. The Kier molecular flexibility index (Phi) is 2.95. The summed E-state index contributed by atoms with van der Waals surface area (Å²) in [7, 11) is -3.27. The molecule has 0 bridgehead atoms. The average molecular weight is 262 g/mol. The van der Waals surface area contributed by atoms with Crippen molar-refractivity contribution >= 4 is 43.9 Å². The number of aromatic nitrogens is 1. The maximum atomic E-state index is 11.8. The zero-order valence-electron chi connectivity index (χ0n) is 7.68. The Morgan fingerprint density at radius 2 is 2.07 bits per heavy atom. The standard InChI is InChI=1S/C9H8ClNO2S2/c10-5-6-15(12,13)9-7-3-1-2-4-8(7)11-14-9/h1-4H,5-6H2. The van der Waals surface area contributed by atoms with Gasteiger partial charge in [-0.2, -0.15) is 4.37 Å². The predicted octanol–water partition coefficient (Wildman–Crippen LogP) is 2.31. The molecule has 1 heterocycles. The highest BCUT2D eigenvalue weighted by atomic mass is 35.5. The van der Waals surface area contributed by atoms with Crippen LogP contribution in [0.3, 0.4) is 0 Å². The summed E-state index contributed by atoms with van der Waals surface area (Å²) in [6.07, 6.45) is 0. The Hall–Kier alpha value is -0.650. The summed E-state index contributed by atoms with van der Waals surface area (Å²) in [5.41, 5.74) is 0.718. The lowest BCUT2D eigenvalue weighted by molar-refractivity contribution is 0.600. The number of alkyl halides is 1. The molecular formula is C9H8ClNO2S2. The monoisotopic (exact) mass is 261 g/mol. The molecule has 0 saturated heterocycles. The smallest absolute Gasteiger partial charge is 0.191 e. The molecule has 6 heteroatoms. The van der Waals surface area contributed by atoms with E-state index in [1.807, 2.05) is 6.07 Å². The van der Waals surface area contributed by atoms with E-state index in [0.29, 0.717) is 9.60 Å². The van der Waals surface area contributed by atoms with Crippen molar-refractivity contribution in [3.8, 4) is 0 Å². The maximum Gasteiger partial charge on any atom is 0.191 e. The zero-order valence-corrected chi connectivity index (χ0v) is 10.1. The van der Waals surface area contributed by atoms with Crippen LogP contribution in [0.25, 0.3) is 10.9 Å². The maximum absolute atomic E-state index is 11.8. The summed E-state index contributed by atoms with van der Waals surface area (Å²) in [5.74, 6) is 0.0648. The largest absolute Gasteiger partial charge is 0.223 e. The molecule has 3 nitrogen and oxygen atoms in total. The molecule has 0 aliphatic carbocycles.